The van der Waals surface area contributed by atoms with Crippen LogP contribution in [0.3, 0.4) is 0 Å². The molecule has 0 spiro atoms. The van der Waals surface area contributed by atoms with Crippen LogP contribution in [0.5, 0.6) is 0 Å². The maximum Gasteiger partial charge on any atom is 0.126 e. The van der Waals surface area contributed by atoms with E-state index in [1.165, 1.54) is 20.3 Å². The van der Waals surface area contributed by atoms with Gasteiger partial charge < -0.3 is 4.79 Å². The van der Waals surface area contributed by atoms with Gasteiger partial charge in [-0.05, 0) is 13.8 Å². The average molecular weight is 288 g/mol. The zero-order chi connectivity index (χ0) is 16.8. The molecule has 21 heavy (non-hydrogen) atoms. The standard InChI is InChI=1S/2C6H6.C3H6O.C3H8.C2H6/c2*1-2-4-6-5-3-1;1-3(2)4;1-3-2;1-2/h2*1-6H;1-2H3;3H2,1-2H3;1-2H3. The molecule has 0 N–H and O–H groups in total. The predicted octanol–water partition coefficient (Wildman–Crippen LogP) is 6.41. The Morgan fingerprint density at radius 1 is 0.571 bits per heavy atom. The van der Waals surface area contributed by atoms with E-state index in [1.54, 1.807) is 0 Å². The maximum absolute atomic E-state index is 9.44. The van der Waals surface area contributed by atoms with Gasteiger partial charge in [-0.15, -0.1) is 0 Å². The topological polar surface area (TPSA) is 17.1 Å². The van der Waals surface area contributed by atoms with Crippen molar-refractivity contribution in [2.45, 2.75) is 48.0 Å². The Kier molecular flexibility index (Phi) is 30.6. The van der Waals surface area contributed by atoms with Gasteiger partial charge in [-0.3, -0.25) is 0 Å². The molecule has 0 bridgehead atoms. The van der Waals surface area contributed by atoms with Crippen molar-refractivity contribution in [3.63, 3.8) is 0 Å². The third-order valence-electron chi connectivity index (χ3n) is 1.33. The molecule has 0 atom stereocenters. The highest BCUT2D eigenvalue weighted by Gasteiger charge is 1.62. The predicted molar refractivity (Wildman–Crippen MR) is 96.6 cm³/mol. The van der Waals surface area contributed by atoms with E-state index in [9.17, 15) is 4.79 Å². The number of Topliss-reactive ketones (excluding diaryl/α,β-unsaturated/α-hetero) is 1. The minimum Gasteiger partial charge on any atom is -0.300 e. The van der Waals surface area contributed by atoms with Gasteiger partial charge in [0.15, 0.2) is 0 Å². The molecule has 0 unspecified atom stereocenters. The first-order chi connectivity index (χ1) is 10.1. The number of hydrogen-bond donors (Lipinski definition) is 0. The Hall–Kier alpha value is -1.89. The van der Waals surface area contributed by atoms with Crippen LogP contribution in [0.25, 0.3) is 0 Å². The van der Waals surface area contributed by atoms with E-state index in [0.29, 0.717) is 0 Å². The second-order valence-corrected chi connectivity index (χ2v) is 3.92. The molecule has 2 aromatic carbocycles. The molecule has 0 aliphatic rings. The molecule has 1 nitrogen and oxygen atoms in total. The lowest BCUT2D eigenvalue weighted by atomic mass is 10.4. The Morgan fingerprint density at radius 2 is 0.619 bits per heavy atom. The normalized spacial score (nSPS) is 6.95. The molecule has 0 aromatic heterocycles. The van der Waals surface area contributed by atoms with Crippen molar-refractivity contribution in [2.24, 2.45) is 0 Å². The van der Waals surface area contributed by atoms with Gasteiger partial charge in [-0.2, -0.15) is 0 Å². The van der Waals surface area contributed by atoms with Gasteiger partial charge in [-0.25, -0.2) is 0 Å². The largest absolute Gasteiger partial charge is 0.300 e. The van der Waals surface area contributed by atoms with Crippen molar-refractivity contribution in [1.29, 1.82) is 0 Å². The third kappa shape index (κ3) is 46.0. The summed E-state index contributed by atoms with van der Waals surface area (Å²) in [4.78, 5) is 9.44. The summed E-state index contributed by atoms with van der Waals surface area (Å²) in [5, 5.41) is 0. The molecule has 2 rings (SSSR count). The molecular formula is C20H32O. The molecule has 2 aromatic rings. The van der Waals surface area contributed by atoms with Crippen molar-refractivity contribution in [3.05, 3.63) is 72.8 Å². The van der Waals surface area contributed by atoms with Gasteiger partial charge in [0.05, 0.1) is 0 Å². The molecule has 0 aliphatic heterocycles. The van der Waals surface area contributed by atoms with E-state index in [-0.39, 0.29) is 5.78 Å². The monoisotopic (exact) mass is 288 g/mol. The highest BCUT2D eigenvalue weighted by atomic mass is 16.1. The fraction of sp³-hybridized carbons (Fsp3) is 0.350. The number of hydrogen-bond acceptors (Lipinski definition) is 1. The highest BCUT2D eigenvalue weighted by Crippen LogP contribution is 1.80. The summed E-state index contributed by atoms with van der Waals surface area (Å²) < 4.78 is 0. The third-order valence-corrected chi connectivity index (χ3v) is 1.33. The van der Waals surface area contributed by atoms with Gasteiger partial charge in [0.2, 0.25) is 0 Å². The van der Waals surface area contributed by atoms with Crippen LogP contribution in [0.4, 0.5) is 0 Å². The van der Waals surface area contributed by atoms with Crippen molar-refractivity contribution >= 4 is 5.78 Å². The number of rotatable bonds is 0. The van der Waals surface area contributed by atoms with Gasteiger partial charge in [0.25, 0.3) is 0 Å². The summed E-state index contributed by atoms with van der Waals surface area (Å²) in [6.45, 7) is 11.3. The zero-order valence-corrected chi connectivity index (χ0v) is 14.5. The minimum absolute atomic E-state index is 0.167. The van der Waals surface area contributed by atoms with E-state index in [4.69, 9.17) is 0 Å². The Labute approximate surface area is 132 Å². The zero-order valence-electron chi connectivity index (χ0n) is 14.5. The lowest BCUT2D eigenvalue weighted by Crippen LogP contribution is -1.69. The van der Waals surface area contributed by atoms with Crippen LogP contribution >= 0.6 is 0 Å². The van der Waals surface area contributed by atoms with Crippen LogP contribution in [0, 0.1) is 0 Å². The molecule has 0 saturated heterocycles. The summed E-state index contributed by atoms with van der Waals surface area (Å²) >= 11 is 0. The van der Waals surface area contributed by atoms with Crippen LogP contribution in [-0.4, -0.2) is 5.78 Å². The number of ketones is 1. The van der Waals surface area contributed by atoms with Crippen molar-refractivity contribution < 1.29 is 4.79 Å². The van der Waals surface area contributed by atoms with Crippen molar-refractivity contribution in [2.75, 3.05) is 0 Å². The summed E-state index contributed by atoms with van der Waals surface area (Å²) in [6.07, 6.45) is 1.25. The number of carbonyl (C=O) groups is 1. The second kappa shape index (κ2) is 26.6. The lowest BCUT2D eigenvalue weighted by molar-refractivity contribution is -0.114. The van der Waals surface area contributed by atoms with E-state index in [1.807, 2.05) is 86.6 Å². The van der Waals surface area contributed by atoms with Crippen LogP contribution in [0.1, 0.15) is 48.0 Å². The van der Waals surface area contributed by atoms with Crippen LogP contribution in [0.2, 0.25) is 0 Å². The van der Waals surface area contributed by atoms with Gasteiger partial charge in [0, 0.05) is 0 Å². The Bertz CT molecular complexity index is 265. The van der Waals surface area contributed by atoms with Gasteiger partial charge >= 0.3 is 0 Å². The first kappa shape index (κ1) is 24.1. The molecule has 118 valence electrons. The van der Waals surface area contributed by atoms with E-state index < -0.39 is 0 Å². The number of benzene rings is 2. The summed E-state index contributed by atoms with van der Waals surface area (Å²) in [6, 6.07) is 24.0. The van der Waals surface area contributed by atoms with Crippen molar-refractivity contribution in [3.8, 4) is 0 Å². The quantitative estimate of drug-likeness (QED) is 0.547. The SMILES string of the molecule is CC.CC(C)=O.CCC.c1ccccc1.c1ccccc1. The molecule has 0 radical (unpaired) electrons. The fourth-order valence-corrected chi connectivity index (χ4v) is 0.770. The van der Waals surface area contributed by atoms with E-state index in [0.717, 1.165) is 0 Å². The highest BCUT2D eigenvalue weighted by molar-refractivity contribution is 5.72. The molecule has 1 heteroatoms. The van der Waals surface area contributed by atoms with Gasteiger partial charge in [-0.1, -0.05) is 107 Å². The molecule has 0 saturated carbocycles. The summed E-state index contributed by atoms with van der Waals surface area (Å²) in [7, 11) is 0. The van der Waals surface area contributed by atoms with Crippen molar-refractivity contribution in [1.82, 2.24) is 0 Å². The Balaban J connectivity index is -0.000000205. The molecule has 0 fully saturated rings. The number of carbonyl (C=O) groups excluding carboxylic acids is 1. The molecular weight excluding hydrogens is 256 g/mol. The minimum atomic E-state index is 0.167. The molecule has 0 aliphatic carbocycles. The smallest absolute Gasteiger partial charge is 0.126 e. The molecule has 0 amide bonds. The van der Waals surface area contributed by atoms with Crippen LogP contribution < -0.4 is 0 Å². The van der Waals surface area contributed by atoms with E-state index >= 15 is 0 Å². The summed E-state index contributed by atoms with van der Waals surface area (Å²) in [5.74, 6) is 0.167. The average Bonchev–Trinajstić information content (AvgIpc) is 2.54. The molecule has 0 heterocycles. The first-order valence-corrected chi connectivity index (χ1v) is 7.62. The maximum atomic E-state index is 9.44. The summed E-state index contributed by atoms with van der Waals surface area (Å²) in [5.41, 5.74) is 0. The fourth-order valence-electron chi connectivity index (χ4n) is 0.770. The van der Waals surface area contributed by atoms with Gasteiger partial charge in [0.1, 0.15) is 5.78 Å². The van der Waals surface area contributed by atoms with E-state index in [2.05, 4.69) is 13.8 Å². The lowest BCUT2D eigenvalue weighted by Gasteiger charge is -1.69. The van der Waals surface area contributed by atoms with Crippen LogP contribution in [0.15, 0.2) is 72.8 Å². The second-order valence-electron chi connectivity index (χ2n) is 3.92. The Morgan fingerprint density at radius 3 is 0.667 bits per heavy atom. The van der Waals surface area contributed by atoms with Crippen LogP contribution in [-0.2, 0) is 4.79 Å². The first-order valence-electron chi connectivity index (χ1n) is 7.62.